The van der Waals surface area contributed by atoms with Crippen molar-refractivity contribution in [3.63, 3.8) is 0 Å². The van der Waals surface area contributed by atoms with Crippen molar-refractivity contribution < 1.29 is 9.53 Å². The average Bonchev–Trinajstić information content (AvgIpc) is 2.30. The zero-order chi connectivity index (χ0) is 11.3. The molecule has 3 nitrogen and oxygen atoms in total. The summed E-state index contributed by atoms with van der Waals surface area (Å²) in [5, 5.41) is 0. The molecule has 0 N–H and O–H groups in total. The summed E-state index contributed by atoms with van der Waals surface area (Å²) >= 11 is 3.30. The van der Waals surface area contributed by atoms with Gasteiger partial charge in [-0.2, -0.15) is 0 Å². The molecule has 4 heteroatoms. The predicted octanol–water partition coefficient (Wildman–Crippen LogP) is 2.62. The topological polar surface area (TPSA) is 38.7 Å². The minimum absolute atomic E-state index is 0.170. The third-order valence-corrected chi connectivity index (χ3v) is 2.61. The SMILES string of the molecule is C=NC(C(=O)OC)=C(Br)c1ccccc1. The molecule has 0 fully saturated rings. The van der Waals surface area contributed by atoms with Crippen LogP contribution in [0.25, 0.3) is 4.48 Å². The standard InChI is InChI=1S/C11H10BrNO2/c1-13-10(11(14)15-2)9(12)8-6-4-3-5-7-8/h3-7H,1H2,2H3. The number of carbonyl (C=O) groups is 1. The molecular formula is C11H10BrNO2. The van der Waals surface area contributed by atoms with Crippen LogP contribution in [-0.2, 0) is 9.53 Å². The van der Waals surface area contributed by atoms with Gasteiger partial charge in [0, 0.05) is 0 Å². The Labute approximate surface area is 96.6 Å². The minimum Gasteiger partial charge on any atom is -0.464 e. The number of benzene rings is 1. The van der Waals surface area contributed by atoms with Gasteiger partial charge < -0.3 is 4.74 Å². The van der Waals surface area contributed by atoms with E-state index in [4.69, 9.17) is 0 Å². The zero-order valence-electron chi connectivity index (χ0n) is 8.24. The molecule has 0 aliphatic rings. The van der Waals surface area contributed by atoms with Crippen LogP contribution in [0.4, 0.5) is 0 Å². The number of nitrogens with zero attached hydrogens (tertiary/aromatic N) is 1. The van der Waals surface area contributed by atoms with E-state index in [0.29, 0.717) is 4.48 Å². The number of hydrogen-bond acceptors (Lipinski definition) is 3. The number of halogens is 1. The largest absolute Gasteiger partial charge is 0.464 e. The maximum atomic E-state index is 11.3. The van der Waals surface area contributed by atoms with Crippen LogP contribution in [0.3, 0.4) is 0 Å². The number of methoxy groups -OCH3 is 1. The number of carbonyl (C=O) groups excluding carboxylic acids is 1. The maximum absolute atomic E-state index is 11.3. The minimum atomic E-state index is -0.513. The van der Waals surface area contributed by atoms with Gasteiger partial charge in [-0.05, 0) is 28.2 Å². The van der Waals surface area contributed by atoms with Crippen molar-refractivity contribution >= 4 is 33.1 Å². The quantitative estimate of drug-likeness (QED) is 0.480. The Kier molecular flexibility index (Phi) is 4.24. The van der Waals surface area contributed by atoms with Crippen LogP contribution < -0.4 is 0 Å². The highest BCUT2D eigenvalue weighted by Gasteiger charge is 2.13. The molecule has 0 aliphatic heterocycles. The summed E-state index contributed by atoms with van der Waals surface area (Å²) in [4.78, 5) is 15.0. The molecule has 0 heterocycles. The number of rotatable bonds is 3. The summed E-state index contributed by atoms with van der Waals surface area (Å²) in [7, 11) is 1.30. The first-order valence-electron chi connectivity index (χ1n) is 4.21. The van der Waals surface area contributed by atoms with E-state index in [1.54, 1.807) is 0 Å². The zero-order valence-corrected chi connectivity index (χ0v) is 9.82. The van der Waals surface area contributed by atoms with Crippen LogP contribution in [0.1, 0.15) is 5.56 Å². The third-order valence-electron chi connectivity index (χ3n) is 1.77. The van der Waals surface area contributed by atoms with E-state index in [1.165, 1.54) is 7.11 Å². The number of ether oxygens (including phenoxy) is 1. The molecule has 1 rings (SSSR count). The highest BCUT2D eigenvalue weighted by Crippen LogP contribution is 2.26. The summed E-state index contributed by atoms with van der Waals surface area (Å²) in [5.74, 6) is -0.513. The maximum Gasteiger partial charge on any atom is 0.357 e. The summed E-state index contributed by atoms with van der Waals surface area (Å²) < 4.78 is 5.16. The van der Waals surface area contributed by atoms with Crippen LogP contribution in [0, 0.1) is 0 Å². The van der Waals surface area contributed by atoms with Gasteiger partial charge in [-0.15, -0.1) is 0 Å². The smallest absolute Gasteiger partial charge is 0.357 e. The highest BCUT2D eigenvalue weighted by molar-refractivity contribution is 9.15. The van der Waals surface area contributed by atoms with Crippen molar-refractivity contribution in [2.24, 2.45) is 4.99 Å². The lowest BCUT2D eigenvalue weighted by atomic mass is 10.2. The Balaban J connectivity index is 3.18. The van der Waals surface area contributed by atoms with Gasteiger partial charge in [-0.1, -0.05) is 30.3 Å². The Bertz CT molecular complexity index is 398. The van der Waals surface area contributed by atoms with E-state index in [-0.39, 0.29) is 5.70 Å². The van der Waals surface area contributed by atoms with Gasteiger partial charge in [0.15, 0.2) is 5.70 Å². The van der Waals surface area contributed by atoms with E-state index < -0.39 is 5.97 Å². The number of hydrogen-bond donors (Lipinski definition) is 0. The van der Waals surface area contributed by atoms with E-state index in [2.05, 4.69) is 32.4 Å². The van der Waals surface area contributed by atoms with Gasteiger partial charge in [0.05, 0.1) is 11.6 Å². The average molecular weight is 268 g/mol. The fourth-order valence-electron chi connectivity index (χ4n) is 1.04. The van der Waals surface area contributed by atoms with Crippen LogP contribution in [0.2, 0.25) is 0 Å². The second kappa shape index (κ2) is 5.46. The molecule has 0 unspecified atom stereocenters. The second-order valence-electron chi connectivity index (χ2n) is 2.68. The van der Waals surface area contributed by atoms with E-state index >= 15 is 0 Å². The molecule has 0 atom stereocenters. The summed E-state index contributed by atoms with van der Waals surface area (Å²) in [6, 6.07) is 9.35. The van der Waals surface area contributed by atoms with Crippen molar-refractivity contribution in [1.82, 2.24) is 0 Å². The van der Waals surface area contributed by atoms with E-state index in [0.717, 1.165) is 5.56 Å². The van der Waals surface area contributed by atoms with Gasteiger partial charge in [0.2, 0.25) is 0 Å². The lowest BCUT2D eigenvalue weighted by molar-refractivity contribution is -0.136. The van der Waals surface area contributed by atoms with Crippen molar-refractivity contribution in [2.75, 3.05) is 7.11 Å². The van der Waals surface area contributed by atoms with E-state index in [9.17, 15) is 4.79 Å². The Hall–Kier alpha value is -1.42. The fraction of sp³-hybridized carbons (Fsp3) is 0.0909. The molecule has 78 valence electrons. The molecule has 0 amide bonds. The monoisotopic (exact) mass is 267 g/mol. The van der Waals surface area contributed by atoms with Gasteiger partial charge in [-0.3, -0.25) is 4.99 Å². The summed E-state index contributed by atoms with van der Waals surface area (Å²) in [6.45, 7) is 3.34. The molecule has 0 saturated carbocycles. The normalized spacial score (nSPS) is 11.6. The van der Waals surface area contributed by atoms with Crippen molar-refractivity contribution in [2.45, 2.75) is 0 Å². The van der Waals surface area contributed by atoms with Crippen molar-refractivity contribution in [1.29, 1.82) is 0 Å². The molecular weight excluding hydrogens is 258 g/mol. The molecule has 1 aromatic rings. The van der Waals surface area contributed by atoms with Crippen LogP contribution in [0.5, 0.6) is 0 Å². The molecule has 0 spiro atoms. The van der Waals surface area contributed by atoms with Gasteiger partial charge in [-0.25, -0.2) is 4.79 Å². The molecule has 1 aromatic carbocycles. The molecule has 15 heavy (non-hydrogen) atoms. The van der Waals surface area contributed by atoms with Crippen molar-refractivity contribution in [3.05, 3.63) is 41.6 Å². The Morgan fingerprint density at radius 3 is 2.47 bits per heavy atom. The summed E-state index contributed by atoms with van der Waals surface area (Å²) in [6.07, 6.45) is 0. The molecule has 0 aromatic heterocycles. The second-order valence-corrected chi connectivity index (χ2v) is 3.47. The molecule has 0 bridgehead atoms. The van der Waals surface area contributed by atoms with Gasteiger partial charge in [0.25, 0.3) is 0 Å². The van der Waals surface area contributed by atoms with Crippen molar-refractivity contribution in [3.8, 4) is 0 Å². The summed E-state index contributed by atoms with van der Waals surface area (Å²) in [5.41, 5.74) is 1.02. The molecule has 0 radical (unpaired) electrons. The third kappa shape index (κ3) is 2.76. The first-order chi connectivity index (χ1) is 7.20. The van der Waals surface area contributed by atoms with Crippen LogP contribution >= 0.6 is 15.9 Å². The fourth-order valence-corrected chi connectivity index (χ4v) is 1.59. The van der Waals surface area contributed by atoms with Gasteiger partial charge >= 0.3 is 5.97 Å². The lowest BCUT2D eigenvalue weighted by Crippen LogP contribution is -2.03. The Morgan fingerprint density at radius 1 is 1.40 bits per heavy atom. The predicted molar refractivity (Wildman–Crippen MR) is 63.9 cm³/mol. The first kappa shape index (κ1) is 11.7. The lowest BCUT2D eigenvalue weighted by Gasteiger charge is -2.03. The molecule has 0 aliphatic carbocycles. The Morgan fingerprint density at radius 2 is 2.00 bits per heavy atom. The van der Waals surface area contributed by atoms with Crippen LogP contribution in [-0.4, -0.2) is 19.8 Å². The molecule has 0 saturated heterocycles. The highest BCUT2D eigenvalue weighted by atomic mass is 79.9. The first-order valence-corrected chi connectivity index (χ1v) is 5.00. The van der Waals surface area contributed by atoms with Gasteiger partial charge in [0.1, 0.15) is 0 Å². The van der Waals surface area contributed by atoms with E-state index in [1.807, 2.05) is 30.3 Å². The van der Waals surface area contributed by atoms with Crippen LogP contribution in [0.15, 0.2) is 41.0 Å². The number of esters is 1. The number of aliphatic imine (C=N–C) groups is 1.